The SMILES string of the molecule is COc1c(C)cc(Br)c(C)c1C(N)c1cccc(Cl)c1. The Hall–Kier alpha value is -1.03. The topological polar surface area (TPSA) is 35.2 Å². The number of rotatable bonds is 3. The predicted octanol–water partition coefficient (Wildman–Crippen LogP) is 4.78. The van der Waals surface area contributed by atoms with Gasteiger partial charge >= 0.3 is 0 Å². The van der Waals surface area contributed by atoms with Crippen molar-refractivity contribution in [3.63, 3.8) is 0 Å². The summed E-state index contributed by atoms with van der Waals surface area (Å²) in [4.78, 5) is 0. The Morgan fingerprint density at radius 1 is 1.25 bits per heavy atom. The van der Waals surface area contributed by atoms with Crippen LogP contribution < -0.4 is 10.5 Å². The van der Waals surface area contributed by atoms with Crippen LogP contribution >= 0.6 is 27.5 Å². The van der Waals surface area contributed by atoms with Crippen LogP contribution in [-0.2, 0) is 0 Å². The lowest BCUT2D eigenvalue weighted by molar-refractivity contribution is 0.404. The Balaban J connectivity index is 2.62. The van der Waals surface area contributed by atoms with Gasteiger partial charge in [-0.15, -0.1) is 0 Å². The minimum Gasteiger partial charge on any atom is -0.496 e. The molecule has 1 unspecified atom stereocenters. The number of nitrogens with two attached hydrogens (primary N) is 1. The van der Waals surface area contributed by atoms with E-state index in [1.54, 1.807) is 7.11 Å². The van der Waals surface area contributed by atoms with Crippen molar-refractivity contribution >= 4 is 27.5 Å². The summed E-state index contributed by atoms with van der Waals surface area (Å²) < 4.78 is 6.58. The summed E-state index contributed by atoms with van der Waals surface area (Å²) in [6.07, 6.45) is 0. The normalized spacial score (nSPS) is 12.3. The number of ether oxygens (including phenoxy) is 1. The van der Waals surface area contributed by atoms with Crippen LogP contribution in [-0.4, -0.2) is 7.11 Å². The molecule has 0 amide bonds. The molecule has 2 N–H and O–H groups in total. The average Bonchev–Trinajstić information content (AvgIpc) is 2.41. The van der Waals surface area contributed by atoms with E-state index in [1.165, 1.54) is 0 Å². The molecule has 1 atom stereocenters. The van der Waals surface area contributed by atoms with Gasteiger partial charge in [-0.1, -0.05) is 39.7 Å². The van der Waals surface area contributed by atoms with E-state index in [2.05, 4.69) is 15.9 Å². The summed E-state index contributed by atoms with van der Waals surface area (Å²) in [6.45, 7) is 4.04. The Morgan fingerprint density at radius 2 is 1.95 bits per heavy atom. The lowest BCUT2D eigenvalue weighted by Gasteiger charge is -2.21. The van der Waals surface area contributed by atoms with E-state index < -0.39 is 0 Å². The molecule has 106 valence electrons. The van der Waals surface area contributed by atoms with E-state index in [0.717, 1.165) is 32.5 Å². The molecule has 0 bridgehead atoms. The van der Waals surface area contributed by atoms with Crippen molar-refractivity contribution in [2.75, 3.05) is 7.11 Å². The monoisotopic (exact) mass is 353 g/mol. The molecule has 0 aliphatic carbocycles. The maximum atomic E-state index is 6.44. The standard InChI is InChI=1S/C16H17BrClNO/c1-9-7-13(17)10(2)14(16(9)20-3)15(19)11-5-4-6-12(18)8-11/h4-8,15H,19H2,1-3H3. The molecule has 0 spiro atoms. The summed E-state index contributed by atoms with van der Waals surface area (Å²) in [5, 5.41) is 0.682. The Morgan fingerprint density at radius 3 is 2.55 bits per heavy atom. The van der Waals surface area contributed by atoms with Crippen LogP contribution in [0.3, 0.4) is 0 Å². The highest BCUT2D eigenvalue weighted by molar-refractivity contribution is 9.10. The van der Waals surface area contributed by atoms with Crippen LogP contribution in [0.25, 0.3) is 0 Å². The van der Waals surface area contributed by atoms with Crippen molar-refractivity contribution in [3.05, 3.63) is 62.1 Å². The number of methoxy groups -OCH3 is 1. The average molecular weight is 355 g/mol. The molecule has 20 heavy (non-hydrogen) atoms. The first-order valence-corrected chi connectivity index (χ1v) is 7.47. The Bertz CT molecular complexity index is 643. The van der Waals surface area contributed by atoms with Gasteiger partial charge in [0.25, 0.3) is 0 Å². The van der Waals surface area contributed by atoms with E-state index in [4.69, 9.17) is 22.1 Å². The highest BCUT2D eigenvalue weighted by Crippen LogP contribution is 2.38. The van der Waals surface area contributed by atoms with Gasteiger partial charge in [0.15, 0.2) is 0 Å². The molecule has 0 aliphatic rings. The molecule has 0 aromatic heterocycles. The van der Waals surface area contributed by atoms with Crippen LogP contribution in [0.1, 0.15) is 28.3 Å². The second-order valence-electron chi connectivity index (χ2n) is 4.78. The molecule has 2 aromatic rings. The lowest BCUT2D eigenvalue weighted by atomic mass is 9.93. The fourth-order valence-corrected chi connectivity index (χ4v) is 3.14. The molecular formula is C16H17BrClNO. The number of halogens is 2. The van der Waals surface area contributed by atoms with Crippen LogP contribution in [0.2, 0.25) is 5.02 Å². The fourth-order valence-electron chi connectivity index (χ4n) is 2.39. The van der Waals surface area contributed by atoms with Crippen molar-refractivity contribution in [3.8, 4) is 5.75 Å². The minimum absolute atomic E-state index is 0.278. The summed E-state index contributed by atoms with van der Waals surface area (Å²) in [6, 6.07) is 9.38. The van der Waals surface area contributed by atoms with Gasteiger partial charge in [0.05, 0.1) is 13.2 Å². The van der Waals surface area contributed by atoms with Crippen molar-refractivity contribution in [1.82, 2.24) is 0 Å². The zero-order chi connectivity index (χ0) is 14.9. The van der Waals surface area contributed by atoms with Gasteiger partial charge in [0, 0.05) is 15.1 Å². The molecule has 2 aromatic carbocycles. The molecule has 4 heteroatoms. The second-order valence-corrected chi connectivity index (χ2v) is 6.07. The van der Waals surface area contributed by atoms with Crippen LogP contribution in [0.4, 0.5) is 0 Å². The van der Waals surface area contributed by atoms with E-state index in [-0.39, 0.29) is 6.04 Å². The van der Waals surface area contributed by atoms with Gasteiger partial charge in [0.1, 0.15) is 5.75 Å². The smallest absolute Gasteiger partial charge is 0.127 e. The number of hydrogen-bond donors (Lipinski definition) is 1. The number of hydrogen-bond acceptors (Lipinski definition) is 2. The first kappa shape index (κ1) is 15.4. The lowest BCUT2D eigenvalue weighted by Crippen LogP contribution is -2.15. The van der Waals surface area contributed by atoms with E-state index in [0.29, 0.717) is 5.02 Å². The van der Waals surface area contributed by atoms with Crippen LogP contribution in [0, 0.1) is 13.8 Å². The third kappa shape index (κ3) is 2.85. The third-order valence-electron chi connectivity index (χ3n) is 3.43. The molecule has 0 fully saturated rings. The number of benzene rings is 2. The van der Waals surface area contributed by atoms with Gasteiger partial charge in [0.2, 0.25) is 0 Å². The van der Waals surface area contributed by atoms with Gasteiger partial charge in [-0.3, -0.25) is 0 Å². The van der Waals surface area contributed by atoms with E-state index >= 15 is 0 Å². The minimum atomic E-state index is -0.278. The van der Waals surface area contributed by atoms with Crippen molar-refractivity contribution in [2.45, 2.75) is 19.9 Å². The Labute approximate surface area is 133 Å². The second kappa shape index (κ2) is 6.17. The molecule has 2 rings (SSSR count). The molecular weight excluding hydrogens is 338 g/mol. The maximum Gasteiger partial charge on any atom is 0.127 e. The first-order valence-electron chi connectivity index (χ1n) is 6.30. The molecule has 0 saturated heterocycles. The quantitative estimate of drug-likeness (QED) is 0.861. The van der Waals surface area contributed by atoms with Crippen molar-refractivity contribution in [1.29, 1.82) is 0 Å². The number of aryl methyl sites for hydroxylation is 1. The third-order valence-corrected chi connectivity index (χ3v) is 4.49. The molecule has 2 nitrogen and oxygen atoms in total. The van der Waals surface area contributed by atoms with Gasteiger partial charge in [-0.25, -0.2) is 0 Å². The summed E-state index contributed by atoms with van der Waals surface area (Å²) in [5.41, 5.74) is 10.5. The summed E-state index contributed by atoms with van der Waals surface area (Å²) in [5.74, 6) is 0.832. The van der Waals surface area contributed by atoms with E-state index in [9.17, 15) is 0 Å². The van der Waals surface area contributed by atoms with Gasteiger partial charge < -0.3 is 10.5 Å². The molecule has 0 radical (unpaired) electrons. The van der Waals surface area contributed by atoms with E-state index in [1.807, 2.05) is 44.2 Å². The fraction of sp³-hybridized carbons (Fsp3) is 0.250. The highest BCUT2D eigenvalue weighted by atomic mass is 79.9. The predicted molar refractivity (Wildman–Crippen MR) is 87.7 cm³/mol. The Kier molecular flexibility index (Phi) is 4.74. The van der Waals surface area contributed by atoms with Crippen molar-refractivity contribution in [2.24, 2.45) is 5.73 Å². The largest absolute Gasteiger partial charge is 0.496 e. The zero-order valence-corrected chi connectivity index (χ0v) is 14.0. The highest BCUT2D eigenvalue weighted by Gasteiger charge is 2.20. The molecule has 0 aliphatic heterocycles. The first-order chi connectivity index (χ1) is 9.45. The van der Waals surface area contributed by atoms with Crippen molar-refractivity contribution < 1.29 is 4.74 Å². The summed E-state index contributed by atoms with van der Waals surface area (Å²) >= 11 is 9.63. The van der Waals surface area contributed by atoms with Crippen LogP contribution in [0.5, 0.6) is 5.75 Å². The summed E-state index contributed by atoms with van der Waals surface area (Å²) in [7, 11) is 1.67. The maximum absolute atomic E-state index is 6.44. The molecule has 0 saturated carbocycles. The van der Waals surface area contributed by atoms with Gasteiger partial charge in [-0.2, -0.15) is 0 Å². The van der Waals surface area contributed by atoms with Crippen LogP contribution in [0.15, 0.2) is 34.8 Å². The zero-order valence-electron chi connectivity index (χ0n) is 11.7. The molecule has 0 heterocycles. The van der Waals surface area contributed by atoms with Gasteiger partial charge in [-0.05, 0) is 48.7 Å².